The molecule has 4 rings (SSSR count). The number of aryl methyl sites for hydroxylation is 1. The summed E-state index contributed by atoms with van der Waals surface area (Å²) in [6.45, 7) is 10.1. The molecule has 0 atom stereocenters. The Hall–Kier alpha value is -1.43. The Labute approximate surface area is 156 Å². The van der Waals surface area contributed by atoms with Gasteiger partial charge in [-0.25, -0.2) is 9.67 Å². The van der Waals surface area contributed by atoms with Gasteiger partial charge in [0.1, 0.15) is 0 Å². The first kappa shape index (κ1) is 18.4. The van der Waals surface area contributed by atoms with Crippen molar-refractivity contribution in [2.75, 3.05) is 26.2 Å². The van der Waals surface area contributed by atoms with Gasteiger partial charge in [0, 0.05) is 30.5 Å². The minimum absolute atomic E-state index is 0. The molecule has 0 bridgehead atoms. The monoisotopic (exact) mass is 361 g/mol. The van der Waals surface area contributed by atoms with Crippen LogP contribution in [-0.2, 0) is 6.54 Å². The quantitative estimate of drug-likeness (QED) is 0.913. The molecular formula is C19H28ClN5. The van der Waals surface area contributed by atoms with E-state index in [1.165, 1.54) is 56.7 Å². The van der Waals surface area contributed by atoms with Crippen LogP contribution in [0.1, 0.15) is 36.2 Å². The molecule has 2 aromatic heterocycles. The summed E-state index contributed by atoms with van der Waals surface area (Å²) < 4.78 is 1.99. The summed E-state index contributed by atoms with van der Waals surface area (Å²) in [5.41, 5.74) is 4.28. The third-order valence-corrected chi connectivity index (χ3v) is 5.87. The fraction of sp³-hybridized carbons (Fsp3) is 0.579. The van der Waals surface area contributed by atoms with E-state index in [1.807, 2.05) is 29.1 Å². The van der Waals surface area contributed by atoms with E-state index in [0.717, 1.165) is 18.1 Å². The molecule has 2 aliphatic heterocycles. The Bertz CT molecular complexity index is 706. The number of hydrogen-bond acceptors (Lipinski definition) is 4. The number of hydrogen-bond donors (Lipinski definition) is 1. The van der Waals surface area contributed by atoms with Gasteiger partial charge in [-0.05, 0) is 70.3 Å². The summed E-state index contributed by atoms with van der Waals surface area (Å²) in [6, 6.07) is 5.97. The molecule has 0 aromatic carbocycles. The Kier molecular flexibility index (Phi) is 5.46. The second kappa shape index (κ2) is 7.44. The predicted octanol–water partition coefficient (Wildman–Crippen LogP) is 2.88. The van der Waals surface area contributed by atoms with Gasteiger partial charge in [0.15, 0.2) is 5.82 Å². The Morgan fingerprint density at radius 3 is 2.68 bits per heavy atom. The summed E-state index contributed by atoms with van der Waals surface area (Å²) in [6.07, 6.45) is 5.83. The number of piperidine rings is 1. The molecule has 0 saturated carbocycles. The highest BCUT2D eigenvalue weighted by atomic mass is 35.5. The van der Waals surface area contributed by atoms with Crippen molar-refractivity contribution in [3.8, 4) is 5.82 Å². The van der Waals surface area contributed by atoms with E-state index in [4.69, 9.17) is 5.10 Å². The van der Waals surface area contributed by atoms with E-state index in [0.29, 0.717) is 5.41 Å². The van der Waals surface area contributed by atoms with Gasteiger partial charge in [0.2, 0.25) is 0 Å². The molecule has 0 radical (unpaired) electrons. The van der Waals surface area contributed by atoms with E-state index in [-0.39, 0.29) is 12.4 Å². The molecule has 136 valence electrons. The van der Waals surface area contributed by atoms with Gasteiger partial charge in [-0.1, -0.05) is 6.07 Å². The summed E-state index contributed by atoms with van der Waals surface area (Å²) in [5, 5.41) is 8.25. The lowest BCUT2D eigenvalue weighted by Gasteiger charge is -2.34. The fourth-order valence-corrected chi connectivity index (χ4v) is 4.36. The highest BCUT2D eigenvalue weighted by Crippen LogP contribution is 2.39. The molecular weight excluding hydrogens is 334 g/mol. The molecule has 6 heteroatoms. The summed E-state index contributed by atoms with van der Waals surface area (Å²) in [4.78, 5) is 7.07. The third kappa shape index (κ3) is 3.59. The van der Waals surface area contributed by atoms with Crippen molar-refractivity contribution in [3.05, 3.63) is 41.3 Å². The molecule has 2 saturated heterocycles. The van der Waals surface area contributed by atoms with Gasteiger partial charge in [-0.15, -0.1) is 12.4 Å². The van der Waals surface area contributed by atoms with Crippen LogP contribution in [0.3, 0.4) is 0 Å². The number of nitrogens with zero attached hydrogens (tertiary/aromatic N) is 4. The first-order chi connectivity index (χ1) is 11.7. The molecule has 5 nitrogen and oxygen atoms in total. The third-order valence-electron chi connectivity index (χ3n) is 5.87. The van der Waals surface area contributed by atoms with Crippen molar-refractivity contribution in [2.45, 2.75) is 39.7 Å². The van der Waals surface area contributed by atoms with Gasteiger partial charge in [-0.3, -0.25) is 4.90 Å². The first-order valence-electron chi connectivity index (χ1n) is 9.06. The standard InChI is InChI=1S/C19H27N5.ClH/c1-15-17(16(2)24(22-15)18-5-3-4-9-21-18)13-23-12-8-19(14-23)6-10-20-11-7-19;/h3-5,9,20H,6-8,10-14H2,1-2H3;1H. The maximum atomic E-state index is 4.74. The fourth-order valence-electron chi connectivity index (χ4n) is 4.36. The lowest BCUT2D eigenvalue weighted by atomic mass is 9.78. The molecule has 2 fully saturated rings. The zero-order chi connectivity index (χ0) is 16.6. The number of halogens is 1. The Balaban J connectivity index is 0.00000182. The number of likely N-dealkylation sites (tertiary alicyclic amines) is 1. The number of rotatable bonds is 3. The molecule has 0 aliphatic carbocycles. The normalized spacial score (nSPS) is 19.9. The van der Waals surface area contributed by atoms with E-state index in [1.54, 1.807) is 0 Å². The van der Waals surface area contributed by atoms with Gasteiger partial charge in [0.05, 0.1) is 5.69 Å². The van der Waals surface area contributed by atoms with Gasteiger partial charge in [0.25, 0.3) is 0 Å². The Morgan fingerprint density at radius 1 is 1.16 bits per heavy atom. The molecule has 25 heavy (non-hydrogen) atoms. The maximum Gasteiger partial charge on any atom is 0.153 e. The van der Waals surface area contributed by atoms with Crippen LogP contribution in [0.5, 0.6) is 0 Å². The zero-order valence-corrected chi connectivity index (χ0v) is 16.0. The van der Waals surface area contributed by atoms with Gasteiger partial charge in [-0.2, -0.15) is 5.10 Å². The second-order valence-electron chi connectivity index (χ2n) is 7.46. The largest absolute Gasteiger partial charge is 0.317 e. The van der Waals surface area contributed by atoms with E-state index in [2.05, 4.69) is 29.0 Å². The minimum Gasteiger partial charge on any atom is -0.317 e. The average molecular weight is 362 g/mol. The lowest BCUT2D eigenvalue weighted by molar-refractivity contribution is 0.193. The molecule has 4 heterocycles. The van der Waals surface area contributed by atoms with Crippen molar-refractivity contribution >= 4 is 12.4 Å². The van der Waals surface area contributed by atoms with Crippen LogP contribution in [0.25, 0.3) is 5.82 Å². The van der Waals surface area contributed by atoms with Crippen LogP contribution in [0.2, 0.25) is 0 Å². The van der Waals surface area contributed by atoms with Crippen LogP contribution in [-0.4, -0.2) is 45.8 Å². The SMILES string of the molecule is Cc1nn(-c2ccccn2)c(C)c1CN1CCC2(CCNCC2)C1.Cl. The van der Waals surface area contributed by atoms with E-state index in [9.17, 15) is 0 Å². The summed E-state index contributed by atoms with van der Waals surface area (Å²) in [7, 11) is 0. The zero-order valence-electron chi connectivity index (χ0n) is 15.2. The van der Waals surface area contributed by atoms with Crippen molar-refractivity contribution < 1.29 is 0 Å². The highest BCUT2D eigenvalue weighted by Gasteiger charge is 2.39. The summed E-state index contributed by atoms with van der Waals surface area (Å²) in [5.74, 6) is 0.903. The average Bonchev–Trinajstić information content (AvgIpc) is 3.12. The lowest BCUT2D eigenvalue weighted by Crippen LogP contribution is -2.38. The smallest absolute Gasteiger partial charge is 0.153 e. The molecule has 1 spiro atoms. The minimum atomic E-state index is 0. The van der Waals surface area contributed by atoms with E-state index < -0.39 is 0 Å². The van der Waals surface area contributed by atoms with Gasteiger partial charge >= 0.3 is 0 Å². The molecule has 1 N–H and O–H groups in total. The van der Waals surface area contributed by atoms with Crippen LogP contribution < -0.4 is 5.32 Å². The maximum absolute atomic E-state index is 4.74. The van der Waals surface area contributed by atoms with Crippen LogP contribution in [0, 0.1) is 19.3 Å². The Morgan fingerprint density at radius 2 is 1.96 bits per heavy atom. The number of aromatic nitrogens is 3. The number of pyridine rings is 1. The first-order valence-corrected chi connectivity index (χ1v) is 9.06. The summed E-state index contributed by atoms with van der Waals surface area (Å²) >= 11 is 0. The van der Waals surface area contributed by atoms with Crippen molar-refractivity contribution in [1.29, 1.82) is 0 Å². The predicted molar refractivity (Wildman–Crippen MR) is 103 cm³/mol. The molecule has 2 aliphatic rings. The van der Waals surface area contributed by atoms with Gasteiger partial charge < -0.3 is 5.32 Å². The highest BCUT2D eigenvalue weighted by molar-refractivity contribution is 5.85. The molecule has 2 aromatic rings. The second-order valence-corrected chi connectivity index (χ2v) is 7.46. The number of nitrogens with one attached hydrogen (secondary N) is 1. The van der Waals surface area contributed by atoms with Crippen molar-refractivity contribution in [3.63, 3.8) is 0 Å². The topological polar surface area (TPSA) is 46.0 Å². The van der Waals surface area contributed by atoms with Crippen LogP contribution in [0.4, 0.5) is 0 Å². The van der Waals surface area contributed by atoms with Crippen LogP contribution in [0.15, 0.2) is 24.4 Å². The molecule has 0 amide bonds. The molecule has 0 unspecified atom stereocenters. The van der Waals surface area contributed by atoms with Crippen molar-refractivity contribution in [2.24, 2.45) is 5.41 Å². The van der Waals surface area contributed by atoms with Crippen molar-refractivity contribution in [1.82, 2.24) is 25.0 Å². The van der Waals surface area contributed by atoms with E-state index >= 15 is 0 Å². The van der Waals surface area contributed by atoms with Crippen LogP contribution >= 0.6 is 12.4 Å².